The fourth-order valence-electron chi connectivity index (χ4n) is 4.48. The van der Waals surface area contributed by atoms with Crippen LogP contribution in [0.25, 0.3) is 0 Å². The van der Waals surface area contributed by atoms with Crippen LogP contribution in [-0.2, 0) is 16.1 Å². The van der Waals surface area contributed by atoms with E-state index in [0.717, 1.165) is 70.6 Å². The first-order valence-corrected chi connectivity index (χ1v) is 10.2. The maximum absolute atomic E-state index is 11.7. The summed E-state index contributed by atoms with van der Waals surface area (Å²) in [5, 5.41) is 6.51. The predicted octanol–water partition coefficient (Wildman–Crippen LogP) is 1.21. The highest BCUT2D eigenvalue weighted by atomic mass is 127. The highest BCUT2D eigenvalue weighted by molar-refractivity contribution is 14.0. The van der Waals surface area contributed by atoms with Gasteiger partial charge in [0.25, 0.3) is 0 Å². The third-order valence-electron chi connectivity index (χ3n) is 5.96. The molecule has 1 atom stereocenters. The number of nitrogens with zero attached hydrogens (tertiary/aromatic N) is 4. The average molecular weight is 514 g/mol. The number of halogens is 1. The van der Waals surface area contributed by atoms with Gasteiger partial charge in [-0.2, -0.15) is 0 Å². The Kier molecular flexibility index (Phi) is 7.55. The number of nitrogens with one attached hydrogen (secondary N) is 2. The molecule has 1 aromatic heterocycles. The topological polar surface area (TPSA) is 82.1 Å². The Morgan fingerprint density at radius 3 is 2.93 bits per heavy atom. The van der Waals surface area contributed by atoms with Gasteiger partial charge in [-0.3, -0.25) is 9.79 Å². The first-order valence-electron chi connectivity index (χ1n) is 10.2. The summed E-state index contributed by atoms with van der Waals surface area (Å²) in [7, 11) is 1.83. The molecule has 0 radical (unpaired) electrons. The fourth-order valence-corrected chi connectivity index (χ4v) is 4.48. The number of hydrogen-bond acceptors (Lipinski definition) is 5. The van der Waals surface area contributed by atoms with Crippen molar-refractivity contribution < 1.29 is 9.53 Å². The largest absolute Gasteiger partial charge is 0.378 e. The summed E-state index contributed by atoms with van der Waals surface area (Å²) in [6, 6.07) is 4.18. The van der Waals surface area contributed by atoms with E-state index in [2.05, 4.69) is 36.5 Å². The number of piperidine rings is 1. The van der Waals surface area contributed by atoms with Gasteiger partial charge in [0.1, 0.15) is 5.82 Å². The molecule has 1 spiro atoms. The van der Waals surface area contributed by atoms with E-state index < -0.39 is 0 Å². The molecule has 1 unspecified atom stereocenters. The smallest absolute Gasteiger partial charge is 0.220 e. The van der Waals surface area contributed by atoms with Crippen LogP contribution in [0.4, 0.5) is 5.82 Å². The Morgan fingerprint density at radius 2 is 2.21 bits per heavy atom. The normalized spacial score (nSPS) is 25.0. The minimum absolute atomic E-state index is 0. The Morgan fingerprint density at radius 1 is 1.38 bits per heavy atom. The maximum Gasteiger partial charge on any atom is 0.220 e. The average Bonchev–Trinajstić information content (AvgIpc) is 3.09. The lowest BCUT2D eigenvalue weighted by Crippen LogP contribution is -2.51. The quantitative estimate of drug-likeness (QED) is 0.359. The SMILES string of the molecule is CN=C(NCc1ccnc(N2CCOCC2)c1)N1CCCC2(CNC(=O)C2)C1.I. The molecular weight excluding hydrogens is 483 g/mol. The number of morpholine rings is 1. The summed E-state index contributed by atoms with van der Waals surface area (Å²) >= 11 is 0. The second kappa shape index (κ2) is 9.92. The minimum Gasteiger partial charge on any atom is -0.378 e. The zero-order valence-corrected chi connectivity index (χ0v) is 19.4. The van der Waals surface area contributed by atoms with Gasteiger partial charge >= 0.3 is 0 Å². The van der Waals surface area contributed by atoms with E-state index in [4.69, 9.17) is 4.74 Å². The van der Waals surface area contributed by atoms with Crippen molar-refractivity contribution in [3.8, 4) is 0 Å². The molecule has 9 heteroatoms. The zero-order chi connectivity index (χ0) is 19.4. The molecule has 3 fully saturated rings. The number of pyridine rings is 1. The van der Waals surface area contributed by atoms with E-state index in [-0.39, 0.29) is 35.3 Å². The van der Waals surface area contributed by atoms with Crippen LogP contribution in [0.5, 0.6) is 0 Å². The number of rotatable bonds is 3. The summed E-state index contributed by atoms with van der Waals surface area (Å²) in [5.41, 5.74) is 1.25. The van der Waals surface area contributed by atoms with E-state index in [9.17, 15) is 4.79 Å². The Balaban J connectivity index is 0.00000240. The van der Waals surface area contributed by atoms with Gasteiger partial charge in [-0.05, 0) is 30.5 Å². The van der Waals surface area contributed by atoms with Gasteiger partial charge in [0.15, 0.2) is 5.96 Å². The first kappa shape index (κ1) is 22.1. The van der Waals surface area contributed by atoms with E-state index in [1.807, 2.05) is 19.3 Å². The number of ether oxygens (including phenoxy) is 1. The standard InChI is InChI=1S/C20H30N6O2.HI/c1-21-19(26-6-2-4-20(15-26)12-18(27)24-14-20)23-13-16-3-5-22-17(11-16)25-7-9-28-10-8-25;/h3,5,11H,2,4,6-10,12-15H2,1H3,(H,21,23)(H,24,27);1H. The van der Waals surface area contributed by atoms with Crippen molar-refractivity contribution >= 4 is 41.7 Å². The molecule has 0 saturated carbocycles. The van der Waals surface area contributed by atoms with Gasteiger partial charge < -0.3 is 25.2 Å². The Labute approximate surface area is 189 Å². The van der Waals surface area contributed by atoms with Gasteiger partial charge in [-0.1, -0.05) is 0 Å². The van der Waals surface area contributed by atoms with Crippen LogP contribution < -0.4 is 15.5 Å². The Bertz CT molecular complexity index is 739. The maximum atomic E-state index is 11.7. The summed E-state index contributed by atoms with van der Waals surface area (Å²) < 4.78 is 5.43. The van der Waals surface area contributed by atoms with Crippen LogP contribution in [0.1, 0.15) is 24.8 Å². The van der Waals surface area contributed by atoms with Gasteiger partial charge in [0, 0.05) is 64.3 Å². The van der Waals surface area contributed by atoms with E-state index in [1.54, 1.807) is 0 Å². The van der Waals surface area contributed by atoms with Crippen molar-refractivity contribution in [1.82, 2.24) is 20.5 Å². The van der Waals surface area contributed by atoms with E-state index in [0.29, 0.717) is 13.0 Å². The second-order valence-corrected chi connectivity index (χ2v) is 8.00. The number of amides is 1. The summed E-state index contributed by atoms with van der Waals surface area (Å²) in [4.78, 5) is 25.3. The van der Waals surface area contributed by atoms with Gasteiger partial charge in [0.2, 0.25) is 5.91 Å². The van der Waals surface area contributed by atoms with Crippen molar-refractivity contribution in [3.63, 3.8) is 0 Å². The molecule has 1 amide bonds. The molecular formula is C20H31IN6O2. The van der Waals surface area contributed by atoms with E-state index >= 15 is 0 Å². The fraction of sp³-hybridized carbons (Fsp3) is 0.650. The minimum atomic E-state index is 0. The van der Waals surface area contributed by atoms with Crippen molar-refractivity contribution in [3.05, 3.63) is 23.9 Å². The zero-order valence-electron chi connectivity index (χ0n) is 17.0. The van der Waals surface area contributed by atoms with Crippen LogP contribution in [0, 0.1) is 5.41 Å². The van der Waals surface area contributed by atoms with Gasteiger partial charge in [-0.15, -0.1) is 24.0 Å². The van der Waals surface area contributed by atoms with Crippen LogP contribution in [0.15, 0.2) is 23.3 Å². The lowest BCUT2D eigenvalue weighted by molar-refractivity contribution is -0.119. The molecule has 0 aliphatic carbocycles. The lowest BCUT2D eigenvalue weighted by atomic mass is 9.79. The van der Waals surface area contributed by atoms with Crippen LogP contribution in [-0.4, -0.2) is 74.7 Å². The number of likely N-dealkylation sites (tertiary alicyclic amines) is 1. The summed E-state index contributed by atoms with van der Waals surface area (Å²) in [6.45, 7) is 6.61. The molecule has 1 aromatic rings. The number of anilines is 1. The van der Waals surface area contributed by atoms with Gasteiger partial charge in [0.05, 0.1) is 13.2 Å². The predicted molar refractivity (Wildman–Crippen MR) is 124 cm³/mol. The Hall–Kier alpha value is -1.62. The lowest BCUT2D eigenvalue weighted by Gasteiger charge is -2.40. The third-order valence-corrected chi connectivity index (χ3v) is 5.96. The molecule has 0 aromatic carbocycles. The number of hydrogen-bond donors (Lipinski definition) is 2. The van der Waals surface area contributed by atoms with Crippen molar-refractivity contribution in [2.75, 3.05) is 57.9 Å². The van der Waals surface area contributed by atoms with Crippen molar-refractivity contribution in [2.45, 2.75) is 25.8 Å². The highest BCUT2D eigenvalue weighted by Gasteiger charge is 2.42. The molecule has 0 bridgehead atoms. The summed E-state index contributed by atoms with van der Waals surface area (Å²) in [6.07, 6.45) is 4.70. The molecule has 4 rings (SSSR count). The monoisotopic (exact) mass is 514 g/mol. The number of aliphatic imine (C=N–C) groups is 1. The van der Waals surface area contributed by atoms with E-state index in [1.165, 1.54) is 5.56 Å². The molecule has 160 valence electrons. The highest BCUT2D eigenvalue weighted by Crippen LogP contribution is 2.36. The van der Waals surface area contributed by atoms with Crippen molar-refractivity contribution in [1.29, 1.82) is 0 Å². The van der Waals surface area contributed by atoms with Crippen LogP contribution in [0.3, 0.4) is 0 Å². The number of guanidine groups is 1. The molecule has 3 saturated heterocycles. The molecule has 4 heterocycles. The van der Waals surface area contributed by atoms with Crippen molar-refractivity contribution in [2.24, 2.45) is 10.4 Å². The molecule has 2 N–H and O–H groups in total. The third kappa shape index (κ3) is 5.30. The second-order valence-electron chi connectivity index (χ2n) is 8.00. The molecule has 29 heavy (non-hydrogen) atoms. The first-order chi connectivity index (χ1) is 13.7. The van der Waals surface area contributed by atoms with Crippen LogP contribution >= 0.6 is 24.0 Å². The molecule has 3 aliphatic rings. The van der Waals surface area contributed by atoms with Crippen LogP contribution in [0.2, 0.25) is 0 Å². The number of aromatic nitrogens is 1. The number of carbonyl (C=O) groups excluding carboxylic acids is 1. The molecule has 3 aliphatic heterocycles. The van der Waals surface area contributed by atoms with Gasteiger partial charge in [-0.25, -0.2) is 4.98 Å². The summed E-state index contributed by atoms with van der Waals surface area (Å²) in [5.74, 6) is 2.09. The number of carbonyl (C=O) groups is 1. The molecule has 8 nitrogen and oxygen atoms in total.